The number of furan rings is 1. The minimum absolute atomic E-state index is 0.0308. The maximum absolute atomic E-state index is 6.34. The first kappa shape index (κ1) is 19.9. The van der Waals surface area contributed by atoms with E-state index in [1.165, 1.54) is 43.8 Å². The van der Waals surface area contributed by atoms with Crippen LogP contribution in [0, 0.1) is 0 Å². The summed E-state index contributed by atoms with van der Waals surface area (Å²) < 4.78 is 6.34. The summed E-state index contributed by atoms with van der Waals surface area (Å²) in [6.07, 6.45) is 0. The third-order valence-electron chi connectivity index (χ3n) is 6.37. The molecule has 1 heteroatoms. The predicted octanol–water partition coefficient (Wildman–Crippen LogP) is 9.00. The van der Waals surface area contributed by atoms with E-state index >= 15 is 0 Å². The van der Waals surface area contributed by atoms with Crippen molar-refractivity contribution in [1.82, 2.24) is 0 Å². The maximum atomic E-state index is 6.34. The summed E-state index contributed by atoms with van der Waals surface area (Å²) in [6.45, 7) is 13.7. The zero-order chi connectivity index (χ0) is 22.0. The minimum Gasteiger partial charge on any atom is -0.456 e. The molecule has 31 heavy (non-hydrogen) atoms. The van der Waals surface area contributed by atoms with Crippen molar-refractivity contribution in [2.24, 2.45) is 0 Å². The second kappa shape index (κ2) is 6.72. The Morgan fingerprint density at radius 2 is 1.19 bits per heavy atom. The molecule has 0 atom stereocenters. The molecule has 0 aliphatic carbocycles. The first-order valence-electron chi connectivity index (χ1n) is 11.1. The predicted molar refractivity (Wildman–Crippen MR) is 134 cm³/mol. The Hall–Kier alpha value is -3.06. The fourth-order valence-electron chi connectivity index (χ4n) is 4.69. The van der Waals surface area contributed by atoms with E-state index in [1.807, 2.05) is 6.07 Å². The van der Waals surface area contributed by atoms with Gasteiger partial charge in [0.05, 0.1) is 0 Å². The molecular formula is C30H30O. The normalized spacial score (nSPS) is 12.8. The van der Waals surface area contributed by atoms with Gasteiger partial charge in [-0.2, -0.15) is 0 Å². The molecule has 4 aromatic carbocycles. The Kier molecular flexibility index (Phi) is 4.31. The third kappa shape index (κ3) is 3.24. The molecule has 156 valence electrons. The fraction of sp³-hybridized carbons (Fsp3) is 0.267. The molecule has 0 unspecified atom stereocenters. The van der Waals surface area contributed by atoms with Gasteiger partial charge in [-0.05, 0) is 62.1 Å². The van der Waals surface area contributed by atoms with Crippen LogP contribution in [-0.4, -0.2) is 0 Å². The fourth-order valence-corrected chi connectivity index (χ4v) is 4.69. The number of hydrogen-bond acceptors (Lipinski definition) is 1. The lowest BCUT2D eigenvalue weighted by atomic mass is 9.80. The first-order valence-corrected chi connectivity index (χ1v) is 11.1. The van der Waals surface area contributed by atoms with Gasteiger partial charge < -0.3 is 4.42 Å². The molecule has 0 aliphatic rings. The van der Waals surface area contributed by atoms with Crippen molar-refractivity contribution in [3.05, 3.63) is 83.9 Å². The SMILES string of the molecule is CC(C)(C)c1cc(-c2ccc(C(C)(C)C)c3ccccc23)c2c(c1)oc1ccccc12. The average molecular weight is 407 g/mol. The molecule has 0 fully saturated rings. The van der Waals surface area contributed by atoms with E-state index in [0.29, 0.717) is 0 Å². The van der Waals surface area contributed by atoms with E-state index in [1.54, 1.807) is 0 Å². The van der Waals surface area contributed by atoms with Gasteiger partial charge in [0.1, 0.15) is 11.2 Å². The number of hydrogen-bond donors (Lipinski definition) is 0. The smallest absolute Gasteiger partial charge is 0.136 e. The van der Waals surface area contributed by atoms with E-state index in [9.17, 15) is 0 Å². The lowest BCUT2D eigenvalue weighted by Crippen LogP contribution is -2.12. The molecular weight excluding hydrogens is 376 g/mol. The molecule has 1 aromatic heterocycles. The van der Waals surface area contributed by atoms with Gasteiger partial charge in [-0.3, -0.25) is 0 Å². The number of fused-ring (bicyclic) bond motifs is 4. The van der Waals surface area contributed by atoms with Crippen LogP contribution in [0.15, 0.2) is 77.2 Å². The third-order valence-corrected chi connectivity index (χ3v) is 6.37. The average Bonchev–Trinajstić information content (AvgIpc) is 3.09. The van der Waals surface area contributed by atoms with Crippen LogP contribution >= 0.6 is 0 Å². The van der Waals surface area contributed by atoms with Gasteiger partial charge in [0.15, 0.2) is 0 Å². The van der Waals surface area contributed by atoms with Gasteiger partial charge in [-0.1, -0.05) is 96.1 Å². The van der Waals surface area contributed by atoms with Crippen LogP contribution in [0.5, 0.6) is 0 Å². The van der Waals surface area contributed by atoms with Crippen LogP contribution in [0.3, 0.4) is 0 Å². The summed E-state index contributed by atoms with van der Waals surface area (Å²) in [5, 5.41) is 5.01. The summed E-state index contributed by atoms with van der Waals surface area (Å²) in [7, 11) is 0. The summed E-state index contributed by atoms with van der Waals surface area (Å²) in [5.74, 6) is 0. The molecule has 5 rings (SSSR count). The van der Waals surface area contributed by atoms with E-state index in [4.69, 9.17) is 4.42 Å². The van der Waals surface area contributed by atoms with Crippen molar-refractivity contribution in [2.75, 3.05) is 0 Å². The van der Waals surface area contributed by atoms with E-state index in [-0.39, 0.29) is 10.8 Å². The Labute approximate surface area is 184 Å². The monoisotopic (exact) mass is 406 g/mol. The van der Waals surface area contributed by atoms with Crippen molar-refractivity contribution in [3.8, 4) is 11.1 Å². The molecule has 0 N–H and O–H groups in total. The molecule has 0 saturated heterocycles. The quantitative estimate of drug-likeness (QED) is 0.271. The molecule has 5 aromatic rings. The largest absolute Gasteiger partial charge is 0.456 e. The number of rotatable bonds is 1. The second-order valence-corrected chi connectivity index (χ2v) is 10.7. The van der Waals surface area contributed by atoms with Crippen LogP contribution in [0.4, 0.5) is 0 Å². The standard InChI is InChI=1S/C30H30O/c1-29(2,3)19-17-24(28-23-13-9-10-14-26(23)31-27(28)18-19)21-15-16-25(30(4,5)6)22-12-8-7-11-20(21)22/h7-18H,1-6H3. The Bertz CT molecular complexity index is 1440. The summed E-state index contributed by atoms with van der Waals surface area (Å²) in [5.41, 5.74) is 7.22. The highest BCUT2D eigenvalue weighted by atomic mass is 16.3. The van der Waals surface area contributed by atoms with Crippen molar-refractivity contribution < 1.29 is 4.42 Å². The van der Waals surface area contributed by atoms with Gasteiger partial charge in [-0.15, -0.1) is 0 Å². The Morgan fingerprint density at radius 3 is 1.87 bits per heavy atom. The van der Waals surface area contributed by atoms with Crippen LogP contribution in [0.1, 0.15) is 52.7 Å². The number of benzene rings is 4. The molecule has 0 radical (unpaired) electrons. The van der Waals surface area contributed by atoms with Crippen LogP contribution in [0.25, 0.3) is 43.8 Å². The summed E-state index contributed by atoms with van der Waals surface area (Å²) in [4.78, 5) is 0. The zero-order valence-corrected chi connectivity index (χ0v) is 19.3. The minimum atomic E-state index is 0.0308. The van der Waals surface area contributed by atoms with Gasteiger partial charge in [-0.25, -0.2) is 0 Å². The summed E-state index contributed by atoms with van der Waals surface area (Å²) >= 11 is 0. The first-order chi connectivity index (χ1) is 14.6. The van der Waals surface area contributed by atoms with Gasteiger partial charge in [0, 0.05) is 10.8 Å². The van der Waals surface area contributed by atoms with Crippen molar-refractivity contribution >= 4 is 32.7 Å². The van der Waals surface area contributed by atoms with Crippen molar-refractivity contribution in [2.45, 2.75) is 52.4 Å². The topological polar surface area (TPSA) is 13.1 Å². The lowest BCUT2D eigenvalue weighted by molar-refractivity contribution is 0.588. The molecule has 1 heterocycles. The molecule has 0 bridgehead atoms. The summed E-state index contributed by atoms with van der Waals surface area (Å²) in [6, 6.07) is 26.4. The van der Waals surface area contributed by atoms with Crippen molar-refractivity contribution in [3.63, 3.8) is 0 Å². The van der Waals surface area contributed by atoms with Gasteiger partial charge >= 0.3 is 0 Å². The molecule has 0 spiro atoms. The van der Waals surface area contributed by atoms with Crippen LogP contribution in [-0.2, 0) is 10.8 Å². The second-order valence-electron chi connectivity index (χ2n) is 10.7. The zero-order valence-electron chi connectivity index (χ0n) is 19.3. The van der Waals surface area contributed by atoms with E-state index < -0.39 is 0 Å². The lowest BCUT2D eigenvalue weighted by Gasteiger charge is -2.24. The molecule has 0 saturated carbocycles. The van der Waals surface area contributed by atoms with E-state index in [0.717, 1.165) is 11.2 Å². The highest BCUT2D eigenvalue weighted by Gasteiger charge is 2.23. The Balaban J connectivity index is 1.94. The van der Waals surface area contributed by atoms with Crippen LogP contribution in [0.2, 0.25) is 0 Å². The maximum Gasteiger partial charge on any atom is 0.136 e. The van der Waals surface area contributed by atoms with Crippen LogP contribution < -0.4 is 0 Å². The Morgan fingerprint density at radius 1 is 0.548 bits per heavy atom. The molecule has 1 nitrogen and oxygen atoms in total. The molecule has 0 amide bonds. The highest BCUT2D eigenvalue weighted by Crippen LogP contribution is 2.43. The highest BCUT2D eigenvalue weighted by molar-refractivity contribution is 6.15. The van der Waals surface area contributed by atoms with Crippen molar-refractivity contribution in [1.29, 1.82) is 0 Å². The van der Waals surface area contributed by atoms with E-state index in [2.05, 4.69) is 108 Å². The van der Waals surface area contributed by atoms with Gasteiger partial charge in [0.2, 0.25) is 0 Å². The molecule has 0 aliphatic heterocycles. The van der Waals surface area contributed by atoms with Gasteiger partial charge in [0.25, 0.3) is 0 Å². The number of para-hydroxylation sites is 1.